The Hall–Kier alpha value is -4.86. The van der Waals surface area contributed by atoms with Gasteiger partial charge in [0.15, 0.2) is 4.80 Å². The van der Waals surface area contributed by atoms with Crippen molar-refractivity contribution in [1.82, 2.24) is 4.57 Å². The van der Waals surface area contributed by atoms with Gasteiger partial charge in [-0.3, -0.25) is 19.0 Å². The Kier molecular flexibility index (Phi) is 7.20. The van der Waals surface area contributed by atoms with Crippen molar-refractivity contribution in [2.24, 2.45) is 4.99 Å². The van der Waals surface area contributed by atoms with E-state index in [1.807, 2.05) is 109 Å². The van der Waals surface area contributed by atoms with E-state index in [2.05, 4.69) is 21.2 Å². The fraction of sp³-hybridized carbons (Fsp3) is 0.0857. The summed E-state index contributed by atoms with van der Waals surface area (Å²) in [7, 11) is 0. The summed E-state index contributed by atoms with van der Waals surface area (Å²) in [6.07, 6.45) is 0. The van der Waals surface area contributed by atoms with E-state index in [1.54, 1.807) is 16.4 Å². The van der Waals surface area contributed by atoms with Crippen LogP contribution >= 0.6 is 27.3 Å². The number of benzene rings is 4. The molecule has 1 atom stereocenters. The van der Waals surface area contributed by atoms with Crippen molar-refractivity contribution in [3.63, 3.8) is 0 Å². The van der Waals surface area contributed by atoms with E-state index in [0.29, 0.717) is 44.0 Å². The van der Waals surface area contributed by atoms with E-state index in [-0.39, 0.29) is 17.4 Å². The van der Waals surface area contributed by atoms with Crippen LogP contribution in [0.5, 0.6) is 0 Å². The summed E-state index contributed by atoms with van der Waals surface area (Å²) >= 11 is 4.73. The molecule has 2 amide bonds. The standard InChI is InChI=1S/C35H25BrN4O3S/c1-21-28(32(41)38-25-15-9-4-10-16-25)30(23-13-7-3-8-14-23)40-34(43)31(44-35(40)37-21)29-26-19-24(36)17-18-27(26)39(33(29)42)20-22-11-5-2-6-12-22/h2-19,30H,20H2,1H3,(H,38,41)/b31-29-/t30-/m1/s1. The van der Waals surface area contributed by atoms with Crippen LogP contribution in [-0.2, 0) is 16.1 Å². The van der Waals surface area contributed by atoms with Crippen molar-refractivity contribution in [1.29, 1.82) is 0 Å². The molecule has 0 radical (unpaired) electrons. The van der Waals surface area contributed by atoms with Crippen molar-refractivity contribution >= 4 is 56.0 Å². The largest absolute Gasteiger partial charge is 0.322 e. The molecule has 0 spiro atoms. The Labute approximate surface area is 265 Å². The number of anilines is 2. The number of rotatable bonds is 5. The summed E-state index contributed by atoms with van der Waals surface area (Å²) in [5.74, 6) is -0.592. The summed E-state index contributed by atoms with van der Waals surface area (Å²) in [4.78, 5) is 49.3. The zero-order chi connectivity index (χ0) is 30.4. The van der Waals surface area contributed by atoms with Gasteiger partial charge in [0.1, 0.15) is 4.53 Å². The first kappa shape index (κ1) is 27.9. The number of carbonyl (C=O) groups excluding carboxylic acids is 2. The molecule has 9 heteroatoms. The average Bonchev–Trinajstić information content (AvgIpc) is 3.49. The molecule has 1 aromatic heterocycles. The third-order valence-electron chi connectivity index (χ3n) is 7.78. The molecule has 3 heterocycles. The number of fused-ring (bicyclic) bond motifs is 2. The number of hydrogen-bond acceptors (Lipinski definition) is 5. The van der Waals surface area contributed by atoms with Gasteiger partial charge in [-0.25, -0.2) is 4.99 Å². The summed E-state index contributed by atoms with van der Waals surface area (Å²) in [6, 6.07) is 33.3. The van der Waals surface area contributed by atoms with Gasteiger partial charge in [-0.2, -0.15) is 0 Å². The third-order valence-corrected chi connectivity index (χ3v) is 9.32. The molecule has 5 aromatic rings. The molecule has 0 aliphatic carbocycles. The van der Waals surface area contributed by atoms with E-state index in [9.17, 15) is 14.4 Å². The molecule has 2 aliphatic rings. The van der Waals surface area contributed by atoms with Gasteiger partial charge in [-0.15, -0.1) is 0 Å². The van der Waals surface area contributed by atoms with Crippen LogP contribution in [-0.4, -0.2) is 16.4 Å². The number of halogens is 1. The summed E-state index contributed by atoms with van der Waals surface area (Å²) in [5, 5.41) is 2.97. The van der Waals surface area contributed by atoms with Crippen molar-refractivity contribution in [3.05, 3.63) is 161 Å². The first-order valence-electron chi connectivity index (χ1n) is 14.0. The average molecular weight is 662 g/mol. The molecular formula is C35H25BrN4O3S. The Bertz CT molecular complexity index is 2160. The number of nitrogens with zero attached hydrogens (tertiary/aromatic N) is 3. The first-order chi connectivity index (χ1) is 21.4. The fourth-order valence-electron chi connectivity index (χ4n) is 5.78. The van der Waals surface area contributed by atoms with Gasteiger partial charge < -0.3 is 10.2 Å². The number of nitrogens with one attached hydrogen (secondary N) is 1. The zero-order valence-corrected chi connectivity index (χ0v) is 25.9. The number of thiazole rings is 1. The van der Waals surface area contributed by atoms with Crippen LogP contribution in [0, 0.1) is 0 Å². The Morgan fingerprint density at radius 3 is 2.27 bits per heavy atom. The number of allylic oxidation sites excluding steroid dienone is 1. The van der Waals surface area contributed by atoms with E-state index in [4.69, 9.17) is 4.99 Å². The molecular weight excluding hydrogens is 636 g/mol. The number of aromatic nitrogens is 1. The maximum absolute atomic E-state index is 14.5. The predicted octanol–water partition coefficient (Wildman–Crippen LogP) is 5.55. The normalized spacial score (nSPS) is 16.8. The number of amides is 2. The van der Waals surface area contributed by atoms with Gasteiger partial charge in [0.05, 0.1) is 35.1 Å². The lowest BCUT2D eigenvalue weighted by atomic mass is 9.95. The lowest BCUT2D eigenvalue weighted by molar-refractivity contribution is -0.114. The van der Waals surface area contributed by atoms with E-state index < -0.39 is 6.04 Å². The maximum atomic E-state index is 14.5. The fourth-order valence-corrected chi connectivity index (χ4v) is 7.28. The van der Waals surface area contributed by atoms with Gasteiger partial charge in [0.25, 0.3) is 17.4 Å². The molecule has 0 bridgehead atoms. The van der Waals surface area contributed by atoms with Gasteiger partial charge in [-0.05, 0) is 48.4 Å². The zero-order valence-electron chi connectivity index (χ0n) is 23.5. The lowest BCUT2D eigenvalue weighted by Gasteiger charge is -2.25. The van der Waals surface area contributed by atoms with Gasteiger partial charge in [-0.1, -0.05) is 106 Å². The number of para-hydroxylation sites is 1. The summed E-state index contributed by atoms with van der Waals surface area (Å²) in [5.41, 5.74) is 4.66. The van der Waals surface area contributed by atoms with Gasteiger partial charge in [0.2, 0.25) is 0 Å². The molecule has 216 valence electrons. The van der Waals surface area contributed by atoms with Crippen LogP contribution < -0.4 is 25.1 Å². The first-order valence-corrected chi connectivity index (χ1v) is 15.6. The Morgan fingerprint density at radius 2 is 1.57 bits per heavy atom. The van der Waals surface area contributed by atoms with Crippen molar-refractivity contribution in [2.45, 2.75) is 19.5 Å². The molecule has 1 N–H and O–H groups in total. The molecule has 0 saturated heterocycles. The second kappa shape index (κ2) is 11.3. The minimum absolute atomic E-state index is 0.249. The minimum Gasteiger partial charge on any atom is -0.322 e. The highest BCUT2D eigenvalue weighted by Crippen LogP contribution is 2.38. The molecule has 7 rings (SSSR count). The molecule has 0 saturated carbocycles. The van der Waals surface area contributed by atoms with Crippen molar-refractivity contribution in [2.75, 3.05) is 10.2 Å². The lowest BCUT2D eigenvalue weighted by Crippen LogP contribution is -2.41. The second-order valence-electron chi connectivity index (χ2n) is 10.5. The van der Waals surface area contributed by atoms with Crippen molar-refractivity contribution < 1.29 is 9.59 Å². The highest BCUT2D eigenvalue weighted by Gasteiger charge is 2.37. The smallest absolute Gasteiger partial charge is 0.271 e. The monoisotopic (exact) mass is 660 g/mol. The molecule has 2 aliphatic heterocycles. The minimum atomic E-state index is -0.732. The van der Waals surface area contributed by atoms with Gasteiger partial charge >= 0.3 is 0 Å². The van der Waals surface area contributed by atoms with Crippen LogP contribution in [0.1, 0.15) is 29.7 Å². The molecule has 0 fully saturated rings. The van der Waals surface area contributed by atoms with Crippen LogP contribution in [0.2, 0.25) is 0 Å². The molecule has 4 aromatic carbocycles. The maximum Gasteiger partial charge on any atom is 0.271 e. The highest BCUT2D eigenvalue weighted by molar-refractivity contribution is 9.10. The topological polar surface area (TPSA) is 83.8 Å². The van der Waals surface area contributed by atoms with E-state index in [1.165, 1.54) is 11.3 Å². The van der Waals surface area contributed by atoms with Crippen LogP contribution in [0.15, 0.2) is 135 Å². The molecule has 0 unspecified atom stereocenters. The molecule has 7 nitrogen and oxygen atoms in total. The predicted molar refractivity (Wildman–Crippen MR) is 176 cm³/mol. The van der Waals surface area contributed by atoms with Gasteiger partial charge in [0, 0.05) is 15.7 Å². The summed E-state index contributed by atoms with van der Waals surface area (Å²) in [6.45, 7) is 2.15. The number of carbonyl (C=O) groups is 2. The Morgan fingerprint density at radius 1 is 0.909 bits per heavy atom. The number of hydrogen-bond donors (Lipinski definition) is 1. The third kappa shape index (κ3) is 4.84. The van der Waals surface area contributed by atoms with Crippen LogP contribution in [0.3, 0.4) is 0 Å². The SMILES string of the molecule is CC1=C(C(=O)Nc2ccccc2)[C@@H](c2ccccc2)n2c(s/c(=C3\C(=O)N(Cc4ccccc4)c4ccc(Br)cc43)c2=O)=N1. The quantitative estimate of drug-likeness (QED) is 0.268. The highest BCUT2D eigenvalue weighted by atomic mass is 79.9. The van der Waals surface area contributed by atoms with E-state index in [0.717, 1.165) is 21.3 Å². The summed E-state index contributed by atoms with van der Waals surface area (Å²) < 4.78 is 2.65. The van der Waals surface area contributed by atoms with E-state index >= 15 is 0 Å². The van der Waals surface area contributed by atoms with Crippen molar-refractivity contribution in [3.8, 4) is 0 Å². The Balaban J connectivity index is 1.42. The molecule has 44 heavy (non-hydrogen) atoms. The van der Waals surface area contributed by atoms with Crippen LogP contribution in [0.4, 0.5) is 11.4 Å². The van der Waals surface area contributed by atoms with Crippen LogP contribution in [0.25, 0.3) is 5.57 Å². The second-order valence-corrected chi connectivity index (χ2v) is 12.4.